The normalized spacial score (nSPS) is 22.5. The van der Waals surface area contributed by atoms with Gasteiger partial charge < -0.3 is 4.52 Å². The van der Waals surface area contributed by atoms with Crippen LogP contribution in [0.5, 0.6) is 0 Å². The van der Waals surface area contributed by atoms with Gasteiger partial charge >= 0.3 is 0 Å². The van der Waals surface area contributed by atoms with Gasteiger partial charge in [0.2, 0.25) is 0 Å². The van der Waals surface area contributed by atoms with Crippen LogP contribution >= 0.6 is 0 Å². The van der Waals surface area contributed by atoms with Gasteiger partial charge in [-0.3, -0.25) is 4.84 Å². The summed E-state index contributed by atoms with van der Waals surface area (Å²) in [5, 5.41) is 4.34. The molecule has 2 heterocycles. The highest BCUT2D eigenvalue weighted by molar-refractivity contribution is 7.92. The minimum absolute atomic E-state index is 0.252. The van der Waals surface area contributed by atoms with Crippen molar-refractivity contribution in [3.63, 3.8) is 0 Å². The molecule has 0 amide bonds. The number of nitrogens with zero attached hydrogens (tertiary/aromatic N) is 2. The van der Waals surface area contributed by atoms with Gasteiger partial charge in [-0.05, 0) is 32.4 Å². The first-order valence-electron chi connectivity index (χ1n) is 8.35. The molecule has 1 fully saturated rings. The van der Waals surface area contributed by atoms with Crippen molar-refractivity contribution in [3.8, 4) is 0 Å². The lowest BCUT2D eigenvalue weighted by Crippen LogP contribution is -2.35. The van der Waals surface area contributed by atoms with E-state index in [2.05, 4.69) is 5.16 Å². The molecular formula is C17H23FN2O4S. The third kappa shape index (κ3) is 3.30. The van der Waals surface area contributed by atoms with Crippen molar-refractivity contribution in [2.45, 2.75) is 56.3 Å². The average Bonchev–Trinajstić information content (AvgIpc) is 3.04. The van der Waals surface area contributed by atoms with Gasteiger partial charge in [-0.2, -0.15) is 5.06 Å². The molecule has 0 aliphatic carbocycles. The van der Waals surface area contributed by atoms with Crippen LogP contribution in [0.1, 0.15) is 51.0 Å². The Hall–Kier alpha value is -1.51. The Morgan fingerprint density at radius 2 is 2.16 bits per heavy atom. The highest BCUT2D eigenvalue weighted by Gasteiger charge is 2.48. The van der Waals surface area contributed by atoms with E-state index in [0.29, 0.717) is 30.3 Å². The van der Waals surface area contributed by atoms with Gasteiger partial charge in [0.05, 0.1) is 5.60 Å². The molecule has 8 heteroatoms. The Bertz CT molecular complexity index is 878. The lowest BCUT2D eigenvalue weighted by Gasteiger charge is -2.23. The molecule has 0 N–H and O–H groups in total. The molecule has 0 radical (unpaired) electrons. The van der Waals surface area contributed by atoms with E-state index in [1.807, 2.05) is 20.8 Å². The Kier molecular flexibility index (Phi) is 4.63. The number of hydroxylamine groups is 2. The van der Waals surface area contributed by atoms with Crippen LogP contribution in [0.2, 0.25) is 0 Å². The van der Waals surface area contributed by atoms with Crippen molar-refractivity contribution < 1.29 is 22.2 Å². The molecule has 0 saturated carbocycles. The van der Waals surface area contributed by atoms with E-state index in [9.17, 15) is 12.8 Å². The third-order valence-corrected chi connectivity index (χ3v) is 7.03. The molecule has 1 aromatic heterocycles. The van der Waals surface area contributed by atoms with E-state index in [4.69, 9.17) is 9.36 Å². The zero-order valence-corrected chi connectivity index (χ0v) is 15.6. The third-order valence-electron chi connectivity index (χ3n) is 4.56. The summed E-state index contributed by atoms with van der Waals surface area (Å²) in [5.41, 5.74) is 0.0516. The predicted molar refractivity (Wildman–Crippen MR) is 91.9 cm³/mol. The van der Waals surface area contributed by atoms with Gasteiger partial charge in [0.15, 0.2) is 15.4 Å². The Morgan fingerprint density at radius 3 is 2.76 bits per heavy atom. The van der Waals surface area contributed by atoms with Crippen molar-refractivity contribution in [1.82, 2.24) is 10.2 Å². The van der Waals surface area contributed by atoms with E-state index in [1.165, 1.54) is 23.3 Å². The monoisotopic (exact) mass is 370 g/mol. The quantitative estimate of drug-likeness (QED) is 0.801. The molecule has 138 valence electrons. The van der Waals surface area contributed by atoms with Crippen LogP contribution in [-0.4, -0.2) is 36.7 Å². The maximum Gasteiger partial charge on any atom is 0.177 e. The summed E-state index contributed by atoms with van der Waals surface area (Å²) >= 11 is 0. The lowest BCUT2D eigenvalue weighted by atomic mass is 10.1. The van der Waals surface area contributed by atoms with Crippen LogP contribution in [0.25, 0.3) is 11.0 Å². The van der Waals surface area contributed by atoms with Gasteiger partial charge in [0.1, 0.15) is 22.1 Å². The summed E-state index contributed by atoms with van der Waals surface area (Å²) in [5.74, 6) is -0.448. The fourth-order valence-electron chi connectivity index (χ4n) is 3.43. The Balaban J connectivity index is 2.05. The first-order chi connectivity index (χ1) is 11.7. The zero-order chi connectivity index (χ0) is 18.4. The Labute approximate surface area is 146 Å². The minimum Gasteiger partial charge on any atom is -0.356 e. The van der Waals surface area contributed by atoms with Crippen LogP contribution in [0.3, 0.4) is 0 Å². The van der Waals surface area contributed by atoms with Crippen LogP contribution in [0.15, 0.2) is 22.7 Å². The van der Waals surface area contributed by atoms with E-state index in [1.54, 1.807) is 7.05 Å². The fourth-order valence-corrected chi connectivity index (χ4v) is 5.94. The van der Waals surface area contributed by atoms with E-state index >= 15 is 0 Å². The second kappa shape index (κ2) is 6.34. The van der Waals surface area contributed by atoms with Crippen molar-refractivity contribution >= 4 is 20.8 Å². The molecule has 25 heavy (non-hydrogen) atoms. The van der Waals surface area contributed by atoms with Crippen LogP contribution < -0.4 is 0 Å². The average molecular weight is 370 g/mol. The van der Waals surface area contributed by atoms with Crippen LogP contribution in [0, 0.1) is 5.82 Å². The smallest absolute Gasteiger partial charge is 0.177 e. The molecule has 1 aliphatic rings. The van der Waals surface area contributed by atoms with Gasteiger partial charge in [0, 0.05) is 24.9 Å². The van der Waals surface area contributed by atoms with Gasteiger partial charge in [-0.1, -0.05) is 18.5 Å². The number of benzene rings is 1. The first kappa shape index (κ1) is 18.3. The van der Waals surface area contributed by atoms with Crippen molar-refractivity contribution in [2.24, 2.45) is 0 Å². The molecule has 2 atom stereocenters. The summed E-state index contributed by atoms with van der Waals surface area (Å²) in [4.78, 5) is 5.66. The summed E-state index contributed by atoms with van der Waals surface area (Å²) in [6.07, 6.45) is 1.45. The van der Waals surface area contributed by atoms with Crippen LogP contribution in [0.4, 0.5) is 4.39 Å². The molecule has 0 bridgehead atoms. The summed E-state index contributed by atoms with van der Waals surface area (Å²) in [6.45, 7) is 5.65. The zero-order valence-electron chi connectivity index (χ0n) is 14.8. The number of sulfone groups is 1. The highest BCUT2D eigenvalue weighted by Crippen LogP contribution is 2.40. The maximum absolute atomic E-state index is 13.4. The fraction of sp³-hybridized carbons (Fsp3) is 0.588. The van der Waals surface area contributed by atoms with Crippen LogP contribution in [-0.2, 0) is 14.7 Å². The van der Waals surface area contributed by atoms with Crippen molar-refractivity contribution in [3.05, 3.63) is 29.7 Å². The number of hydrogen-bond acceptors (Lipinski definition) is 6. The van der Waals surface area contributed by atoms with E-state index in [0.717, 1.165) is 0 Å². The molecule has 1 aliphatic heterocycles. The molecule has 1 aromatic carbocycles. The standard InChI is InChI=1S/C17H23FN2O4S/c1-5-6-14(16-12-8-7-11(18)9-13(12)23-19-16)25(21,22)15-10-17(2,3)24-20(15)4/h7-9,14-15H,5-6,10H2,1-4H3. The summed E-state index contributed by atoms with van der Waals surface area (Å²) in [7, 11) is -1.99. The predicted octanol–water partition coefficient (Wildman–Crippen LogP) is 3.59. The highest BCUT2D eigenvalue weighted by atomic mass is 32.2. The first-order valence-corrected chi connectivity index (χ1v) is 9.96. The molecule has 0 spiro atoms. The van der Waals surface area contributed by atoms with Crippen molar-refractivity contribution in [1.29, 1.82) is 0 Å². The second-order valence-electron chi connectivity index (χ2n) is 7.13. The van der Waals surface area contributed by atoms with E-state index in [-0.39, 0.29) is 5.58 Å². The van der Waals surface area contributed by atoms with Gasteiger partial charge in [-0.15, -0.1) is 0 Å². The second-order valence-corrected chi connectivity index (χ2v) is 9.42. The summed E-state index contributed by atoms with van der Waals surface area (Å²) in [6, 6.07) is 4.02. The van der Waals surface area contributed by atoms with Crippen molar-refractivity contribution in [2.75, 3.05) is 7.05 Å². The molecule has 1 saturated heterocycles. The maximum atomic E-state index is 13.4. The molecule has 6 nitrogen and oxygen atoms in total. The Morgan fingerprint density at radius 1 is 1.44 bits per heavy atom. The number of aromatic nitrogens is 1. The molecule has 2 aromatic rings. The summed E-state index contributed by atoms with van der Waals surface area (Å²) < 4.78 is 45.3. The SMILES string of the molecule is CCCC(c1noc2cc(F)ccc12)S(=O)(=O)C1CC(C)(C)ON1C. The number of halogens is 1. The van der Waals surface area contributed by atoms with Gasteiger partial charge in [0.25, 0.3) is 0 Å². The largest absolute Gasteiger partial charge is 0.356 e. The van der Waals surface area contributed by atoms with Gasteiger partial charge in [-0.25, -0.2) is 12.8 Å². The molecular weight excluding hydrogens is 347 g/mol. The lowest BCUT2D eigenvalue weighted by molar-refractivity contribution is -0.168. The topological polar surface area (TPSA) is 72.6 Å². The molecule has 3 rings (SSSR count). The number of rotatable bonds is 5. The minimum atomic E-state index is -3.62. The number of hydrogen-bond donors (Lipinski definition) is 0. The van der Waals surface area contributed by atoms with E-state index < -0.39 is 31.9 Å². The number of fused-ring (bicyclic) bond motifs is 1. The molecule has 2 unspecified atom stereocenters.